The average molecular weight is 732 g/mol. The molecule has 8 heteroatoms. The molecule has 0 unspecified atom stereocenters. The van der Waals surface area contributed by atoms with E-state index in [-0.39, 0.29) is 24.4 Å². The third kappa shape index (κ3) is 10.2. The van der Waals surface area contributed by atoms with E-state index in [4.69, 9.17) is 46.7 Å². The van der Waals surface area contributed by atoms with Crippen LogP contribution in [0.15, 0.2) is 115 Å². The molecule has 0 bridgehead atoms. The van der Waals surface area contributed by atoms with E-state index in [0.29, 0.717) is 40.5 Å². The number of benzene rings is 5. The van der Waals surface area contributed by atoms with Gasteiger partial charge in [0.15, 0.2) is 21.7 Å². The van der Waals surface area contributed by atoms with Gasteiger partial charge in [0.25, 0.3) is 0 Å². The Morgan fingerprint density at radius 2 is 0.900 bits per heavy atom. The second kappa shape index (κ2) is 17.1. The summed E-state index contributed by atoms with van der Waals surface area (Å²) in [6, 6.07) is 37.5. The highest BCUT2D eigenvalue weighted by molar-refractivity contribution is 7.69. The molecule has 0 atom stereocenters. The lowest BCUT2D eigenvalue weighted by Gasteiger charge is -2.31. The molecule has 0 aliphatic heterocycles. The molecule has 0 amide bonds. The van der Waals surface area contributed by atoms with Gasteiger partial charge in [-0.1, -0.05) is 144 Å². The highest BCUT2D eigenvalue weighted by Crippen LogP contribution is 2.48. The Kier molecular flexibility index (Phi) is 12.9. The quantitative estimate of drug-likeness (QED) is 0.0646. The third-order valence-corrected chi connectivity index (χ3v) is 10.2. The number of hydrogen-bond donors (Lipinski definition) is 0. The van der Waals surface area contributed by atoms with Gasteiger partial charge >= 0.3 is 0 Å². The standard InChI is InChI=1S/C42H45Cl2O5P/c1-41(2,3)35-22-32(43)24-37(39(35)47-28-45-26-30-16-10-7-11-17-30)50(49-34-20-14-9-15-21-34)38-25-33(44)23-36(42(4,5)6)40(38)48-29-46-27-31-18-12-8-13-19-31/h7-25H,26-29H2,1-6H3. The molecular formula is C42H45Cl2O5P. The molecule has 5 rings (SSSR count). The van der Waals surface area contributed by atoms with Crippen LogP contribution in [0.1, 0.15) is 63.8 Å². The van der Waals surface area contributed by atoms with Crippen LogP contribution in [-0.4, -0.2) is 13.6 Å². The van der Waals surface area contributed by atoms with E-state index >= 15 is 0 Å². The SMILES string of the molecule is CC(C)(C)c1cc(Cl)cc(P(Oc2ccccc2)c2cc(Cl)cc(C(C)(C)C)c2OCOCc2ccccc2)c1OCOCc1ccccc1. The molecule has 5 nitrogen and oxygen atoms in total. The summed E-state index contributed by atoms with van der Waals surface area (Å²) in [5, 5.41) is 2.69. The Morgan fingerprint density at radius 1 is 0.520 bits per heavy atom. The lowest BCUT2D eigenvalue weighted by molar-refractivity contribution is 0.00471. The Hall–Kier alpha value is -3.57. The lowest BCUT2D eigenvalue weighted by atomic mass is 9.86. The number of halogens is 2. The van der Waals surface area contributed by atoms with E-state index in [1.165, 1.54) is 0 Å². The molecule has 262 valence electrons. The summed E-state index contributed by atoms with van der Waals surface area (Å²) in [5.41, 5.74) is 3.33. The van der Waals surface area contributed by atoms with Gasteiger partial charge in [0.1, 0.15) is 17.2 Å². The Balaban J connectivity index is 1.62. The fraction of sp³-hybridized carbons (Fsp3) is 0.286. The summed E-state index contributed by atoms with van der Waals surface area (Å²) in [6.45, 7) is 13.7. The zero-order valence-electron chi connectivity index (χ0n) is 29.5. The summed E-state index contributed by atoms with van der Waals surface area (Å²) in [4.78, 5) is 0. The maximum absolute atomic E-state index is 6.97. The Labute approximate surface area is 308 Å². The fourth-order valence-corrected chi connectivity index (χ4v) is 7.99. The normalized spacial score (nSPS) is 11.9. The van der Waals surface area contributed by atoms with Gasteiger partial charge in [0.05, 0.1) is 23.8 Å². The van der Waals surface area contributed by atoms with Crippen LogP contribution in [-0.2, 0) is 33.5 Å². The Bertz CT molecular complexity index is 1710. The highest BCUT2D eigenvalue weighted by atomic mass is 35.5. The molecule has 50 heavy (non-hydrogen) atoms. The largest absolute Gasteiger partial charge is 0.466 e. The molecule has 0 spiro atoms. The minimum absolute atomic E-state index is 0.0284. The van der Waals surface area contributed by atoms with Crippen LogP contribution in [0, 0.1) is 0 Å². The number of hydrogen-bond acceptors (Lipinski definition) is 5. The first kappa shape index (κ1) is 37.7. The molecule has 0 N–H and O–H groups in total. The number of rotatable bonds is 14. The van der Waals surface area contributed by atoms with Crippen molar-refractivity contribution in [2.75, 3.05) is 13.6 Å². The zero-order valence-corrected chi connectivity index (χ0v) is 31.9. The van der Waals surface area contributed by atoms with Gasteiger partial charge in [-0.3, -0.25) is 0 Å². The van der Waals surface area contributed by atoms with Crippen molar-refractivity contribution in [2.45, 2.75) is 65.6 Å². The van der Waals surface area contributed by atoms with Crippen molar-refractivity contribution < 1.29 is 23.5 Å². The number of para-hydroxylation sites is 1. The first-order chi connectivity index (χ1) is 23.9. The van der Waals surface area contributed by atoms with Crippen LogP contribution in [0.4, 0.5) is 0 Å². The van der Waals surface area contributed by atoms with Crippen LogP contribution in [0.25, 0.3) is 0 Å². The molecule has 0 aromatic heterocycles. The first-order valence-electron chi connectivity index (χ1n) is 16.6. The summed E-state index contributed by atoms with van der Waals surface area (Å²) in [7, 11) is -1.69. The molecule has 0 fully saturated rings. The topological polar surface area (TPSA) is 46.2 Å². The van der Waals surface area contributed by atoms with E-state index in [0.717, 1.165) is 32.9 Å². The molecule has 5 aromatic rings. The van der Waals surface area contributed by atoms with E-state index in [2.05, 4.69) is 41.5 Å². The molecule has 0 radical (unpaired) electrons. The monoisotopic (exact) mass is 730 g/mol. The molecule has 5 aromatic carbocycles. The van der Waals surface area contributed by atoms with Crippen LogP contribution in [0.2, 0.25) is 10.0 Å². The van der Waals surface area contributed by atoms with Crippen molar-refractivity contribution in [2.24, 2.45) is 0 Å². The minimum Gasteiger partial charge on any atom is -0.466 e. The maximum atomic E-state index is 6.97. The van der Waals surface area contributed by atoms with Gasteiger partial charge in [-0.15, -0.1) is 0 Å². The Morgan fingerprint density at radius 3 is 1.28 bits per heavy atom. The van der Waals surface area contributed by atoms with Crippen LogP contribution < -0.4 is 24.6 Å². The van der Waals surface area contributed by atoms with Gasteiger partial charge in [-0.2, -0.15) is 0 Å². The molecule has 0 aliphatic rings. The van der Waals surface area contributed by atoms with Crippen LogP contribution >= 0.6 is 31.4 Å². The minimum atomic E-state index is -1.69. The first-order valence-corrected chi connectivity index (χ1v) is 18.6. The van der Waals surface area contributed by atoms with Crippen LogP contribution in [0.5, 0.6) is 17.2 Å². The number of ether oxygens (including phenoxy) is 4. The third-order valence-electron chi connectivity index (χ3n) is 7.86. The summed E-state index contributed by atoms with van der Waals surface area (Å²) in [6.07, 6.45) is 0. The van der Waals surface area contributed by atoms with Gasteiger partial charge in [-0.05, 0) is 58.4 Å². The van der Waals surface area contributed by atoms with Crippen LogP contribution in [0.3, 0.4) is 0 Å². The van der Waals surface area contributed by atoms with Crippen molar-refractivity contribution in [3.05, 3.63) is 148 Å². The van der Waals surface area contributed by atoms with E-state index in [9.17, 15) is 0 Å². The van der Waals surface area contributed by atoms with Crippen molar-refractivity contribution in [3.63, 3.8) is 0 Å². The zero-order chi connectivity index (χ0) is 35.7. The molecule has 0 aliphatic carbocycles. The van der Waals surface area contributed by atoms with Gasteiger partial charge in [-0.25, -0.2) is 0 Å². The summed E-state index contributed by atoms with van der Waals surface area (Å²) >= 11 is 13.9. The van der Waals surface area contributed by atoms with Crippen molar-refractivity contribution in [1.29, 1.82) is 0 Å². The van der Waals surface area contributed by atoms with Crippen molar-refractivity contribution >= 4 is 42.0 Å². The predicted octanol–water partition coefficient (Wildman–Crippen LogP) is 11.1. The predicted molar refractivity (Wildman–Crippen MR) is 207 cm³/mol. The van der Waals surface area contributed by atoms with Gasteiger partial charge in [0.2, 0.25) is 0 Å². The van der Waals surface area contributed by atoms with Crippen molar-refractivity contribution in [1.82, 2.24) is 0 Å². The lowest BCUT2D eigenvalue weighted by Crippen LogP contribution is -2.27. The average Bonchev–Trinajstić information content (AvgIpc) is 3.08. The van der Waals surface area contributed by atoms with E-state index < -0.39 is 8.15 Å². The molecular weight excluding hydrogens is 686 g/mol. The summed E-state index contributed by atoms with van der Waals surface area (Å²) in [5.74, 6) is 1.99. The van der Waals surface area contributed by atoms with Gasteiger partial charge in [0, 0.05) is 21.2 Å². The van der Waals surface area contributed by atoms with E-state index in [1.54, 1.807) is 0 Å². The van der Waals surface area contributed by atoms with Crippen molar-refractivity contribution in [3.8, 4) is 17.2 Å². The maximum Gasteiger partial charge on any atom is 0.189 e. The second-order valence-electron chi connectivity index (χ2n) is 14.0. The highest BCUT2D eigenvalue weighted by Gasteiger charge is 2.34. The molecule has 0 saturated carbocycles. The molecule has 0 heterocycles. The molecule has 0 saturated heterocycles. The fourth-order valence-electron chi connectivity index (χ4n) is 5.36. The second-order valence-corrected chi connectivity index (χ2v) is 16.6. The smallest absolute Gasteiger partial charge is 0.189 e. The van der Waals surface area contributed by atoms with E-state index in [1.807, 2.05) is 115 Å². The summed E-state index contributed by atoms with van der Waals surface area (Å²) < 4.78 is 32.2. The van der Waals surface area contributed by atoms with Gasteiger partial charge < -0.3 is 23.5 Å².